The SMILES string of the molecule is CS(=O)(=O)C(C1CCCC1)C(CCNC(=O)COCc1ccccc1)OP(=O)(O)O. The van der Waals surface area contributed by atoms with Crippen LogP contribution in [0.5, 0.6) is 0 Å². The zero-order chi connectivity index (χ0) is 22.2. The van der Waals surface area contributed by atoms with E-state index in [0.717, 1.165) is 24.7 Å². The van der Waals surface area contributed by atoms with Gasteiger partial charge in [0.2, 0.25) is 5.91 Å². The zero-order valence-corrected chi connectivity index (χ0v) is 18.7. The van der Waals surface area contributed by atoms with E-state index in [1.807, 2.05) is 30.3 Å². The fourth-order valence-electron chi connectivity index (χ4n) is 3.91. The van der Waals surface area contributed by atoms with Crippen LogP contribution in [0.25, 0.3) is 0 Å². The summed E-state index contributed by atoms with van der Waals surface area (Å²) in [5.41, 5.74) is 0.924. The van der Waals surface area contributed by atoms with Crippen molar-refractivity contribution in [3.63, 3.8) is 0 Å². The van der Waals surface area contributed by atoms with Gasteiger partial charge in [0.05, 0.1) is 18.0 Å². The predicted molar refractivity (Wildman–Crippen MR) is 111 cm³/mol. The van der Waals surface area contributed by atoms with Gasteiger partial charge in [-0.3, -0.25) is 9.32 Å². The summed E-state index contributed by atoms with van der Waals surface area (Å²) in [6.45, 7) is 0.101. The van der Waals surface area contributed by atoms with E-state index in [-0.39, 0.29) is 32.1 Å². The van der Waals surface area contributed by atoms with Crippen LogP contribution in [0, 0.1) is 5.92 Å². The summed E-state index contributed by atoms with van der Waals surface area (Å²) in [5.74, 6) is -0.626. The minimum Gasteiger partial charge on any atom is -0.367 e. The van der Waals surface area contributed by atoms with E-state index in [9.17, 15) is 27.6 Å². The van der Waals surface area contributed by atoms with Crippen molar-refractivity contribution in [2.24, 2.45) is 5.92 Å². The average Bonchev–Trinajstić information content (AvgIpc) is 3.14. The monoisotopic (exact) mass is 463 g/mol. The van der Waals surface area contributed by atoms with Gasteiger partial charge in [-0.05, 0) is 30.7 Å². The first-order valence-corrected chi connectivity index (χ1v) is 13.4. The van der Waals surface area contributed by atoms with Gasteiger partial charge in [0.1, 0.15) is 6.61 Å². The van der Waals surface area contributed by atoms with Gasteiger partial charge in [-0.15, -0.1) is 0 Å². The first kappa shape index (κ1) is 25.0. The number of phosphoric ester groups is 1. The third-order valence-electron chi connectivity index (χ3n) is 5.09. The molecule has 0 bridgehead atoms. The van der Waals surface area contributed by atoms with Crippen molar-refractivity contribution in [2.75, 3.05) is 19.4 Å². The van der Waals surface area contributed by atoms with Gasteiger partial charge in [-0.25, -0.2) is 13.0 Å². The van der Waals surface area contributed by atoms with Crippen molar-refractivity contribution in [3.8, 4) is 0 Å². The largest absolute Gasteiger partial charge is 0.469 e. The number of nitrogens with one attached hydrogen (secondary N) is 1. The molecule has 1 fully saturated rings. The molecule has 1 amide bonds. The van der Waals surface area contributed by atoms with Crippen LogP contribution in [0.2, 0.25) is 0 Å². The smallest absolute Gasteiger partial charge is 0.367 e. The Balaban J connectivity index is 1.90. The van der Waals surface area contributed by atoms with Gasteiger partial charge in [0.25, 0.3) is 0 Å². The van der Waals surface area contributed by atoms with Crippen LogP contribution in [0.3, 0.4) is 0 Å². The normalized spacial score (nSPS) is 17.6. The third kappa shape index (κ3) is 8.83. The maximum absolute atomic E-state index is 12.4. The number of rotatable bonds is 12. The van der Waals surface area contributed by atoms with Crippen LogP contribution < -0.4 is 5.32 Å². The summed E-state index contributed by atoms with van der Waals surface area (Å²) in [6, 6.07) is 9.35. The molecule has 0 spiro atoms. The van der Waals surface area contributed by atoms with Crippen molar-refractivity contribution in [2.45, 2.75) is 50.1 Å². The van der Waals surface area contributed by atoms with E-state index in [1.54, 1.807) is 0 Å². The van der Waals surface area contributed by atoms with E-state index in [4.69, 9.17) is 9.26 Å². The minimum absolute atomic E-state index is 0.0109. The van der Waals surface area contributed by atoms with E-state index in [1.165, 1.54) is 0 Å². The van der Waals surface area contributed by atoms with E-state index in [2.05, 4.69) is 5.32 Å². The lowest BCUT2D eigenvalue weighted by Gasteiger charge is -2.30. The number of carbonyl (C=O) groups is 1. The summed E-state index contributed by atoms with van der Waals surface area (Å²) >= 11 is 0. The molecule has 9 nitrogen and oxygen atoms in total. The summed E-state index contributed by atoms with van der Waals surface area (Å²) in [7, 11) is -8.52. The summed E-state index contributed by atoms with van der Waals surface area (Å²) in [4.78, 5) is 30.5. The average molecular weight is 463 g/mol. The van der Waals surface area contributed by atoms with Crippen LogP contribution in [0.4, 0.5) is 0 Å². The molecule has 2 rings (SSSR count). The molecule has 2 atom stereocenters. The van der Waals surface area contributed by atoms with Gasteiger partial charge in [-0.1, -0.05) is 43.2 Å². The molecule has 0 aromatic heterocycles. The van der Waals surface area contributed by atoms with Gasteiger partial charge in [0.15, 0.2) is 9.84 Å². The van der Waals surface area contributed by atoms with Gasteiger partial charge in [0, 0.05) is 12.8 Å². The van der Waals surface area contributed by atoms with Crippen LogP contribution in [-0.2, 0) is 35.1 Å². The number of amides is 1. The fourth-order valence-corrected chi connectivity index (χ4v) is 6.29. The number of sulfone groups is 1. The van der Waals surface area contributed by atoms with E-state index in [0.29, 0.717) is 12.8 Å². The maximum atomic E-state index is 12.4. The van der Waals surface area contributed by atoms with Crippen LogP contribution >= 0.6 is 7.82 Å². The molecule has 11 heteroatoms. The van der Waals surface area contributed by atoms with Crippen LogP contribution in [0.15, 0.2) is 30.3 Å². The predicted octanol–water partition coefficient (Wildman–Crippen LogP) is 1.79. The van der Waals surface area contributed by atoms with Crippen LogP contribution in [-0.4, -0.2) is 54.9 Å². The molecule has 0 heterocycles. The van der Waals surface area contributed by atoms with Crippen molar-refractivity contribution < 1.29 is 36.8 Å². The molecule has 1 aliphatic carbocycles. The molecule has 1 aromatic rings. The molecule has 30 heavy (non-hydrogen) atoms. The molecule has 1 saturated carbocycles. The Labute approximate surface area is 177 Å². The number of benzene rings is 1. The molecule has 0 radical (unpaired) electrons. The second-order valence-electron chi connectivity index (χ2n) is 7.59. The molecule has 170 valence electrons. The second-order valence-corrected chi connectivity index (χ2v) is 11.0. The number of carbonyl (C=O) groups excluding carboxylic acids is 1. The Hall–Kier alpha value is -1.29. The molecule has 1 aromatic carbocycles. The summed E-state index contributed by atoms with van der Waals surface area (Å²) < 4.78 is 46.4. The molecule has 0 aliphatic heterocycles. The lowest BCUT2D eigenvalue weighted by molar-refractivity contribution is -0.126. The first-order valence-electron chi connectivity index (χ1n) is 9.87. The zero-order valence-electron chi connectivity index (χ0n) is 17.0. The topological polar surface area (TPSA) is 139 Å². The molecule has 3 N–H and O–H groups in total. The fraction of sp³-hybridized carbons (Fsp3) is 0.632. The highest BCUT2D eigenvalue weighted by Crippen LogP contribution is 2.43. The van der Waals surface area contributed by atoms with Crippen molar-refractivity contribution >= 4 is 23.6 Å². The maximum Gasteiger partial charge on any atom is 0.469 e. The van der Waals surface area contributed by atoms with Gasteiger partial charge >= 0.3 is 7.82 Å². The van der Waals surface area contributed by atoms with Crippen molar-refractivity contribution in [1.82, 2.24) is 5.32 Å². The lowest BCUT2D eigenvalue weighted by atomic mass is 9.97. The third-order valence-corrected chi connectivity index (χ3v) is 7.32. The number of hydrogen-bond acceptors (Lipinski definition) is 6. The van der Waals surface area contributed by atoms with Crippen molar-refractivity contribution in [3.05, 3.63) is 35.9 Å². The highest BCUT2D eigenvalue weighted by Gasteiger charge is 2.41. The molecule has 0 saturated heterocycles. The van der Waals surface area contributed by atoms with Crippen molar-refractivity contribution in [1.29, 1.82) is 0 Å². The molecular formula is C19H30NO8PS. The molecular weight excluding hydrogens is 433 g/mol. The Kier molecular flexibility index (Phi) is 9.46. The lowest BCUT2D eigenvalue weighted by Crippen LogP contribution is -2.42. The quantitative estimate of drug-likeness (QED) is 0.399. The van der Waals surface area contributed by atoms with E-state index < -0.39 is 34.9 Å². The highest BCUT2D eigenvalue weighted by atomic mass is 32.2. The Morgan fingerprint density at radius 3 is 2.43 bits per heavy atom. The Bertz CT molecular complexity index is 820. The van der Waals surface area contributed by atoms with Gasteiger partial charge < -0.3 is 19.8 Å². The van der Waals surface area contributed by atoms with Gasteiger partial charge in [-0.2, -0.15) is 0 Å². The number of phosphoric acid groups is 1. The van der Waals surface area contributed by atoms with E-state index >= 15 is 0 Å². The van der Waals surface area contributed by atoms with Crippen LogP contribution in [0.1, 0.15) is 37.7 Å². The number of ether oxygens (including phenoxy) is 1. The standard InChI is InChI=1S/C19H30NO8PS/c1-30(25,26)19(16-9-5-6-10-16)17(28-29(22,23)24)11-12-20-18(21)14-27-13-15-7-3-2-4-8-15/h2-4,7-8,16-17,19H,5-6,9-14H2,1H3,(H,20,21)(H2,22,23,24). The second kappa shape index (κ2) is 11.4. The molecule has 1 aliphatic rings. The summed E-state index contributed by atoms with van der Waals surface area (Å²) in [5, 5.41) is 1.56. The molecule has 2 unspecified atom stereocenters. The first-order chi connectivity index (χ1) is 14.1. The Morgan fingerprint density at radius 2 is 1.87 bits per heavy atom. The highest BCUT2D eigenvalue weighted by molar-refractivity contribution is 7.91. The number of hydrogen-bond donors (Lipinski definition) is 3. The summed E-state index contributed by atoms with van der Waals surface area (Å²) in [6.07, 6.45) is 2.88. The Morgan fingerprint density at radius 1 is 1.23 bits per heavy atom. The minimum atomic E-state index is -4.90.